The normalized spacial score (nSPS) is 22.8. The molecule has 0 spiro atoms. The summed E-state index contributed by atoms with van der Waals surface area (Å²) in [7, 11) is 0. The van der Waals surface area contributed by atoms with E-state index in [9.17, 15) is 0 Å². The maximum Gasteiger partial charge on any atom is 0.0649 e. The zero-order valence-electron chi connectivity index (χ0n) is 11.3. The summed E-state index contributed by atoms with van der Waals surface area (Å²) < 4.78 is 0. The maximum absolute atomic E-state index is 6.61. The summed E-state index contributed by atoms with van der Waals surface area (Å²) in [6.07, 6.45) is 3.36. The molecule has 94 valence electrons. The van der Waals surface area contributed by atoms with E-state index in [4.69, 9.17) is 5.73 Å². The van der Waals surface area contributed by atoms with E-state index in [2.05, 4.69) is 56.3 Å². The van der Waals surface area contributed by atoms with E-state index in [0.29, 0.717) is 0 Å². The molecule has 1 nitrogen and oxygen atoms in total. The molecule has 2 aliphatic rings. The second-order valence-corrected chi connectivity index (χ2v) is 6.01. The first kappa shape index (κ1) is 11.0. The summed E-state index contributed by atoms with van der Waals surface area (Å²) in [4.78, 5) is 0. The highest BCUT2D eigenvalue weighted by Crippen LogP contribution is 2.47. The third-order valence-electron chi connectivity index (χ3n) is 4.49. The van der Waals surface area contributed by atoms with Crippen molar-refractivity contribution in [3.8, 4) is 11.1 Å². The second kappa shape index (κ2) is 3.37. The molecule has 1 heteroatoms. The van der Waals surface area contributed by atoms with Crippen LogP contribution in [-0.4, -0.2) is 0 Å². The van der Waals surface area contributed by atoms with Crippen LogP contribution in [0.3, 0.4) is 0 Å². The van der Waals surface area contributed by atoms with Gasteiger partial charge in [-0.05, 0) is 65.8 Å². The van der Waals surface area contributed by atoms with Gasteiger partial charge in [0.1, 0.15) is 0 Å². The predicted octanol–water partition coefficient (Wildman–Crippen LogP) is 3.85. The summed E-state index contributed by atoms with van der Waals surface area (Å²) in [6.45, 7) is 4.32. The van der Waals surface area contributed by atoms with E-state index in [1.807, 2.05) is 0 Å². The number of hydrogen-bond donors (Lipinski definition) is 1. The first-order chi connectivity index (χ1) is 9.07. The standard InChI is InChI=1S/C18H17N/c1-11-7-12-9-15-14-5-3-4-6-16(14)18(2,19)17(15)10-13(12)8-11/h3-6,8-10H,7,19H2,1-2H3. The van der Waals surface area contributed by atoms with Crippen molar-refractivity contribution in [2.24, 2.45) is 5.73 Å². The first-order valence-corrected chi connectivity index (χ1v) is 6.81. The average molecular weight is 247 g/mol. The number of nitrogens with two attached hydrogens (primary N) is 1. The molecule has 0 amide bonds. The van der Waals surface area contributed by atoms with Crippen LogP contribution in [-0.2, 0) is 12.0 Å². The third kappa shape index (κ3) is 1.34. The van der Waals surface area contributed by atoms with Gasteiger partial charge < -0.3 is 5.73 Å². The van der Waals surface area contributed by atoms with Gasteiger partial charge in [-0.25, -0.2) is 0 Å². The molecule has 2 N–H and O–H groups in total. The molecule has 0 radical (unpaired) electrons. The molecule has 2 aromatic carbocycles. The predicted molar refractivity (Wildman–Crippen MR) is 79.9 cm³/mol. The highest BCUT2D eigenvalue weighted by atomic mass is 14.7. The lowest BCUT2D eigenvalue weighted by molar-refractivity contribution is 0.621. The molecule has 0 saturated carbocycles. The number of benzene rings is 2. The topological polar surface area (TPSA) is 26.0 Å². The van der Waals surface area contributed by atoms with Crippen LogP contribution in [0.15, 0.2) is 42.0 Å². The van der Waals surface area contributed by atoms with Crippen LogP contribution < -0.4 is 5.73 Å². The van der Waals surface area contributed by atoms with Gasteiger partial charge in [-0.3, -0.25) is 0 Å². The molecule has 0 fully saturated rings. The van der Waals surface area contributed by atoms with Crippen molar-refractivity contribution >= 4 is 6.08 Å². The van der Waals surface area contributed by atoms with Gasteiger partial charge in [0.2, 0.25) is 0 Å². The Morgan fingerprint density at radius 2 is 1.84 bits per heavy atom. The van der Waals surface area contributed by atoms with E-state index >= 15 is 0 Å². The van der Waals surface area contributed by atoms with Crippen molar-refractivity contribution in [2.75, 3.05) is 0 Å². The lowest BCUT2D eigenvalue weighted by atomic mass is 9.89. The van der Waals surface area contributed by atoms with Gasteiger partial charge in [0.05, 0.1) is 5.54 Å². The van der Waals surface area contributed by atoms with Crippen LogP contribution in [0.1, 0.15) is 36.1 Å². The molecule has 2 aliphatic carbocycles. The Hall–Kier alpha value is -1.86. The van der Waals surface area contributed by atoms with Gasteiger partial charge in [0.25, 0.3) is 0 Å². The van der Waals surface area contributed by atoms with E-state index in [-0.39, 0.29) is 5.54 Å². The average Bonchev–Trinajstić information content (AvgIpc) is 2.85. The minimum Gasteiger partial charge on any atom is -0.318 e. The molecule has 0 aliphatic heterocycles. The van der Waals surface area contributed by atoms with Crippen molar-refractivity contribution in [2.45, 2.75) is 25.8 Å². The monoisotopic (exact) mass is 247 g/mol. The maximum atomic E-state index is 6.61. The van der Waals surface area contributed by atoms with E-state index in [0.717, 1.165) is 6.42 Å². The molecule has 0 aromatic heterocycles. The highest BCUT2D eigenvalue weighted by molar-refractivity contribution is 5.83. The smallest absolute Gasteiger partial charge is 0.0649 e. The Labute approximate surface area is 113 Å². The van der Waals surface area contributed by atoms with E-state index < -0.39 is 0 Å². The third-order valence-corrected chi connectivity index (χ3v) is 4.49. The van der Waals surface area contributed by atoms with Gasteiger partial charge in [0.15, 0.2) is 0 Å². The minimum atomic E-state index is -0.370. The lowest BCUT2D eigenvalue weighted by Gasteiger charge is -2.21. The van der Waals surface area contributed by atoms with Gasteiger partial charge in [-0.1, -0.05) is 35.9 Å². The summed E-state index contributed by atoms with van der Waals surface area (Å²) in [5, 5.41) is 0. The van der Waals surface area contributed by atoms with Crippen molar-refractivity contribution in [3.63, 3.8) is 0 Å². The summed E-state index contributed by atoms with van der Waals surface area (Å²) in [5.41, 5.74) is 15.6. The quantitative estimate of drug-likeness (QED) is 0.752. The summed E-state index contributed by atoms with van der Waals surface area (Å²) in [5.74, 6) is 0. The second-order valence-electron chi connectivity index (χ2n) is 6.01. The molecule has 1 atom stereocenters. The Balaban J connectivity index is 2.04. The van der Waals surface area contributed by atoms with E-state index in [1.54, 1.807) is 0 Å². The Bertz CT molecular complexity index is 735. The van der Waals surface area contributed by atoms with Gasteiger partial charge in [0, 0.05) is 0 Å². The largest absolute Gasteiger partial charge is 0.318 e. The lowest BCUT2D eigenvalue weighted by Crippen LogP contribution is -2.31. The van der Waals surface area contributed by atoms with Crippen molar-refractivity contribution in [1.82, 2.24) is 0 Å². The molecule has 2 aromatic rings. The molecular formula is C18H17N. The van der Waals surface area contributed by atoms with Crippen LogP contribution in [0, 0.1) is 0 Å². The molecule has 0 bridgehead atoms. The number of allylic oxidation sites excluding steroid dienone is 1. The molecule has 0 saturated heterocycles. The number of hydrogen-bond acceptors (Lipinski definition) is 1. The van der Waals surface area contributed by atoms with Gasteiger partial charge in [-0.15, -0.1) is 0 Å². The van der Waals surface area contributed by atoms with Crippen LogP contribution in [0.5, 0.6) is 0 Å². The minimum absolute atomic E-state index is 0.370. The zero-order chi connectivity index (χ0) is 13.2. The van der Waals surface area contributed by atoms with Crippen LogP contribution in [0.4, 0.5) is 0 Å². The van der Waals surface area contributed by atoms with Crippen molar-refractivity contribution < 1.29 is 0 Å². The number of rotatable bonds is 0. The molecular weight excluding hydrogens is 230 g/mol. The fourth-order valence-electron chi connectivity index (χ4n) is 3.53. The number of fused-ring (bicyclic) bond motifs is 4. The van der Waals surface area contributed by atoms with E-state index in [1.165, 1.54) is 39.0 Å². The Kier molecular flexibility index (Phi) is 1.95. The molecule has 19 heavy (non-hydrogen) atoms. The van der Waals surface area contributed by atoms with Crippen LogP contribution in [0.2, 0.25) is 0 Å². The molecule has 1 unspecified atom stereocenters. The SMILES string of the molecule is CC1=Cc2cc3c(cc2C1)-c1ccccc1C3(C)N. The summed E-state index contributed by atoms with van der Waals surface area (Å²) >= 11 is 0. The summed E-state index contributed by atoms with van der Waals surface area (Å²) in [6, 6.07) is 13.2. The Morgan fingerprint density at radius 1 is 1.05 bits per heavy atom. The molecule has 0 heterocycles. The fourth-order valence-corrected chi connectivity index (χ4v) is 3.53. The molecule has 4 rings (SSSR count). The first-order valence-electron chi connectivity index (χ1n) is 6.81. The Morgan fingerprint density at radius 3 is 2.68 bits per heavy atom. The van der Waals surface area contributed by atoms with Gasteiger partial charge in [-0.2, -0.15) is 0 Å². The van der Waals surface area contributed by atoms with Gasteiger partial charge >= 0.3 is 0 Å². The highest BCUT2D eigenvalue weighted by Gasteiger charge is 2.36. The van der Waals surface area contributed by atoms with Crippen LogP contribution in [0.25, 0.3) is 17.2 Å². The zero-order valence-corrected chi connectivity index (χ0v) is 11.3. The van der Waals surface area contributed by atoms with Crippen LogP contribution >= 0.6 is 0 Å². The fraction of sp³-hybridized carbons (Fsp3) is 0.222. The van der Waals surface area contributed by atoms with Crippen molar-refractivity contribution in [1.29, 1.82) is 0 Å². The van der Waals surface area contributed by atoms with Crippen molar-refractivity contribution in [3.05, 3.63) is 64.2 Å².